The van der Waals surface area contributed by atoms with Crippen LogP contribution in [0, 0.1) is 6.92 Å². The molecule has 0 spiro atoms. The molecule has 4 aromatic heterocycles. The molecule has 0 bridgehead atoms. The summed E-state index contributed by atoms with van der Waals surface area (Å²) in [6.07, 6.45) is 7.80. The first-order chi connectivity index (χ1) is 16.3. The maximum absolute atomic E-state index is 5.83. The van der Waals surface area contributed by atoms with Crippen molar-refractivity contribution < 1.29 is 8.83 Å². The summed E-state index contributed by atoms with van der Waals surface area (Å²) < 4.78 is 16.0. The van der Waals surface area contributed by atoms with Gasteiger partial charge in [0, 0.05) is 34.9 Å². The molecule has 0 amide bonds. The van der Waals surface area contributed by atoms with Gasteiger partial charge in [0.2, 0.25) is 0 Å². The Morgan fingerprint density at radius 1 is 0.606 bits per heavy atom. The Kier molecular flexibility index (Phi) is 4.62. The predicted octanol–water partition coefficient (Wildman–Crippen LogP) is 7.76. The normalized spacial score (nSPS) is 11.2. The minimum atomic E-state index is 0.830. The fourth-order valence-electron chi connectivity index (χ4n) is 4.43. The molecule has 33 heavy (non-hydrogen) atoms. The van der Waals surface area contributed by atoms with Gasteiger partial charge in [-0.25, -0.2) is 0 Å². The molecule has 0 N–H and O–H groups in total. The van der Waals surface area contributed by atoms with Crippen LogP contribution in [0.3, 0.4) is 0 Å². The van der Waals surface area contributed by atoms with E-state index < -0.39 is 0 Å². The van der Waals surface area contributed by atoms with Crippen molar-refractivity contribution in [3.63, 3.8) is 0 Å². The van der Waals surface area contributed by atoms with Gasteiger partial charge in [0.25, 0.3) is 0 Å². The Morgan fingerprint density at radius 2 is 1.21 bits per heavy atom. The van der Waals surface area contributed by atoms with E-state index in [2.05, 4.69) is 70.9 Å². The number of nitrogens with zero attached hydrogens (tertiary/aromatic N) is 2. The first-order valence-electron chi connectivity index (χ1n) is 10.9. The van der Waals surface area contributed by atoms with Crippen molar-refractivity contribution >= 4 is 0 Å². The van der Waals surface area contributed by atoms with Gasteiger partial charge in [-0.05, 0) is 67.1 Å². The summed E-state index contributed by atoms with van der Waals surface area (Å²) in [5, 5.41) is 0. The monoisotopic (exact) mass is 430 g/mol. The SMILES string of the molecule is Cc1c(-c2cc(-c3ccco3)n(-c3ccccc3)c2)cn(-c2ccccc2)c1-c1ccco1. The van der Waals surface area contributed by atoms with Gasteiger partial charge in [-0.1, -0.05) is 36.4 Å². The molecule has 4 heterocycles. The van der Waals surface area contributed by atoms with E-state index in [0.717, 1.165) is 51.0 Å². The van der Waals surface area contributed by atoms with Crippen LogP contribution in [0.4, 0.5) is 0 Å². The molecule has 0 saturated carbocycles. The molecule has 0 saturated heterocycles. The van der Waals surface area contributed by atoms with Crippen molar-refractivity contribution in [1.29, 1.82) is 0 Å². The van der Waals surface area contributed by atoms with Crippen LogP contribution in [-0.4, -0.2) is 9.13 Å². The minimum Gasteiger partial charge on any atom is -0.463 e. The molecular weight excluding hydrogens is 408 g/mol. The second-order valence-corrected chi connectivity index (χ2v) is 8.00. The highest BCUT2D eigenvalue weighted by Crippen LogP contribution is 2.39. The maximum atomic E-state index is 5.83. The number of aromatic nitrogens is 2. The highest BCUT2D eigenvalue weighted by molar-refractivity contribution is 5.80. The molecular formula is C29H22N2O2. The molecule has 0 aliphatic rings. The molecule has 6 aromatic rings. The van der Waals surface area contributed by atoms with E-state index in [1.807, 2.05) is 48.5 Å². The molecule has 0 unspecified atom stereocenters. The van der Waals surface area contributed by atoms with E-state index >= 15 is 0 Å². The average molecular weight is 431 g/mol. The fourth-order valence-corrected chi connectivity index (χ4v) is 4.43. The van der Waals surface area contributed by atoms with Gasteiger partial charge in [-0.3, -0.25) is 0 Å². The van der Waals surface area contributed by atoms with Gasteiger partial charge in [0.1, 0.15) is 0 Å². The number of para-hydroxylation sites is 2. The molecule has 0 radical (unpaired) electrons. The van der Waals surface area contributed by atoms with Crippen LogP contribution in [0.1, 0.15) is 5.56 Å². The number of rotatable bonds is 5. The van der Waals surface area contributed by atoms with Crippen molar-refractivity contribution in [1.82, 2.24) is 9.13 Å². The lowest BCUT2D eigenvalue weighted by molar-refractivity contribution is 0.578. The number of benzene rings is 2. The Bertz CT molecular complexity index is 1490. The zero-order chi connectivity index (χ0) is 22.2. The van der Waals surface area contributed by atoms with Crippen molar-refractivity contribution in [2.75, 3.05) is 0 Å². The standard InChI is InChI=1S/C29H22N2O2/c1-21-25(20-31(24-12-6-3-7-13-24)29(21)28-15-9-17-33-28)22-18-26(27-14-8-16-32-27)30(19-22)23-10-4-2-5-11-23/h2-20H,1H3. The summed E-state index contributed by atoms with van der Waals surface area (Å²) in [7, 11) is 0. The summed E-state index contributed by atoms with van der Waals surface area (Å²) in [5.41, 5.74) is 7.65. The maximum Gasteiger partial charge on any atom is 0.150 e. The average Bonchev–Trinajstić information content (AvgIpc) is 3.66. The van der Waals surface area contributed by atoms with Crippen molar-refractivity contribution in [3.05, 3.63) is 121 Å². The van der Waals surface area contributed by atoms with Gasteiger partial charge in [-0.2, -0.15) is 0 Å². The molecule has 0 aliphatic heterocycles. The Morgan fingerprint density at radius 3 is 1.82 bits per heavy atom. The summed E-state index contributed by atoms with van der Waals surface area (Å²) in [6.45, 7) is 2.15. The van der Waals surface area contributed by atoms with Crippen LogP contribution in [0.15, 0.2) is 125 Å². The zero-order valence-electron chi connectivity index (χ0n) is 18.2. The third kappa shape index (κ3) is 3.33. The van der Waals surface area contributed by atoms with E-state index in [4.69, 9.17) is 8.83 Å². The second kappa shape index (κ2) is 7.92. The Hall–Kier alpha value is -4.44. The van der Waals surface area contributed by atoms with Gasteiger partial charge in [0.05, 0.1) is 23.9 Å². The Labute approximate surface area is 192 Å². The van der Waals surface area contributed by atoms with Crippen molar-refractivity contribution in [3.8, 4) is 45.4 Å². The fraction of sp³-hybridized carbons (Fsp3) is 0.0345. The molecule has 0 aliphatic carbocycles. The lowest BCUT2D eigenvalue weighted by Gasteiger charge is -2.08. The first kappa shape index (κ1) is 19.3. The van der Waals surface area contributed by atoms with Crippen molar-refractivity contribution in [2.45, 2.75) is 6.92 Å². The van der Waals surface area contributed by atoms with E-state index in [1.54, 1.807) is 12.5 Å². The summed E-state index contributed by atoms with van der Waals surface area (Å²) in [4.78, 5) is 0. The summed E-state index contributed by atoms with van der Waals surface area (Å²) in [6, 6.07) is 30.7. The molecule has 0 fully saturated rings. The molecule has 6 rings (SSSR count). The first-order valence-corrected chi connectivity index (χ1v) is 10.9. The van der Waals surface area contributed by atoms with E-state index in [1.165, 1.54) is 0 Å². The molecule has 2 aromatic carbocycles. The lowest BCUT2D eigenvalue weighted by atomic mass is 10.1. The number of hydrogen-bond acceptors (Lipinski definition) is 2. The topological polar surface area (TPSA) is 36.1 Å². The zero-order valence-corrected chi connectivity index (χ0v) is 18.2. The smallest absolute Gasteiger partial charge is 0.150 e. The number of furan rings is 2. The van der Waals surface area contributed by atoms with E-state index in [0.29, 0.717) is 0 Å². The van der Waals surface area contributed by atoms with Gasteiger partial charge in [-0.15, -0.1) is 0 Å². The molecule has 4 heteroatoms. The highest BCUT2D eigenvalue weighted by atomic mass is 16.3. The highest BCUT2D eigenvalue weighted by Gasteiger charge is 2.21. The summed E-state index contributed by atoms with van der Waals surface area (Å²) >= 11 is 0. The minimum absolute atomic E-state index is 0.830. The third-order valence-corrected chi connectivity index (χ3v) is 5.99. The van der Waals surface area contributed by atoms with E-state index in [-0.39, 0.29) is 0 Å². The number of hydrogen-bond donors (Lipinski definition) is 0. The van der Waals surface area contributed by atoms with Crippen LogP contribution in [0.2, 0.25) is 0 Å². The predicted molar refractivity (Wildman–Crippen MR) is 131 cm³/mol. The largest absolute Gasteiger partial charge is 0.463 e. The van der Waals surface area contributed by atoms with Crippen LogP contribution in [0.25, 0.3) is 45.4 Å². The van der Waals surface area contributed by atoms with Crippen LogP contribution in [-0.2, 0) is 0 Å². The summed E-state index contributed by atoms with van der Waals surface area (Å²) in [5.74, 6) is 1.67. The molecule has 4 nitrogen and oxygen atoms in total. The van der Waals surface area contributed by atoms with E-state index in [9.17, 15) is 0 Å². The van der Waals surface area contributed by atoms with Gasteiger partial charge in [0.15, 0.2) is 11.5 Å². The van der Waals surface area contributed by atoms with Crippen LogP contribution in [0.5, 0.6) is 0 Å². The van der Waals surface area contributed by atoms with Crippen LogP contribution < -0.4 is 0 Å². The van der Waals surface area contributed by atoms with Crippen LogP contribution >= 0.6 is 0 Å². The van der Waals surface area contributed by atoms with Gasteiger partial charge < -0.3 is 18.0 Å². The quantitative estimate of drug-likeness (QED) is 0.280. The second-order valence-electron chi connectivity index (χ2n) is 8.00. The van der Waals surface area contributed by atoms with Gasteiger partial charge >= 0.3 is 0 Å². The third-order valence-electron chi connectivity index (χ3n) is 5.99. The van der Waals surface area contributed by atoms with Crippen molar-refractivity contribution in [2.24, 2.45) is 0 Å². The molecule has 160 valence electrons. The lowest BCUT2D eigenvalue weighted by Crippen LogP contribution is -1.94. The Balaban J connectivity index is 1.58. The molecule has 0 atom stereocenters.